The molecule has 8 nitrogen and oxygen atoms in total. The molecule has 1 atom stereocenters. The van der Waals surface area contributed by atoms with Crippen LogP contribution in [0.1, 0.15) is 52.5 Å². The lowest BCUT2D eigenvalue weighted by Crippen LogP contribution is -2.35. The van der Waals surface area contributed by atoms with Crippen LogP contribution in [0, 0.1) is 0 Å². The van der Waals surface area contributed by atoms with Crippen molar-refractivity contribution in [3.05, 3.63) is 120 Å². The molecule has 0 spiro atoms. The molecule has 3 heterocycles. The fraction of sp³-hybridized carbons (Fsp3) is 0.211. The molecule has 46 heavy (non-hydrogen) atoms. The van der Waals surface area contributed by atoms with E-state index in [0.717, 1.165) is 77.3 Å². The third kappa shape index (κ3) is 6.12. The van der Waals surface area contributed by atoms with E-state index in [4.69, 9.17) is 0 Å². The van der Waals surface area contributed by atoms with E-state index in [-0.39, 0.29) is 24.0 Å². The van der Waals surface area contributed by atoms with E-state index in [2.05, 4.69) is 50.6 Å². The molecule has 5 aromatic rings. The van der Waals surface area contributed by atoms with E-state index in [9.17, 15) is 14.7 Å². The van der Waals surface area contributed by atoms with Crippen LogP contribution in [0.4, 0.5) is 28.4 Å². The van der Waals surface area contributed by atoms with Gasteiger partial charge in [-0.2, -0.15) is 0 Å². The predicted octanol–water partition coefficient (Wildman–Crippen LogP) is 7.58. The molecule has 8 heteroatoms. The molecule has 232 valence electrons. The van der Waals surface area contributed by atoms with E-state index in [1.165, 1.54) is 0 Å². The molecule has 4 aromatic carbocycles. The van der Waals surface area contributed by atoms with Crippen molar-refractivity contribution in [2.45, 2.75) is 38.3 Å². The molecule has 0 aliphatic carbocycles. The Bertz CT molecular complexity index is 1900. The molecule has 0 bridgehead atoms. The van der Waals surface area contributed by atoms with Gasteiger partial charge in [0, 0.05) is 75.8 Å². The molecule has 2 amide bonds. The van der Waals surface area contributed by atoms with Gasteiger partial charge in [0.25, 0.3) is 11.8 Å². The average Bonchev–Trinajstić information content (AvgIpc) is 3.48. The Hall–Kier alpha value is -5.34. The highest BCUT2D eigenvalue weighted by molar-refractivity contribution is 6.06. The number of hydrogen-bond donors (Lipinski definition) is 4. The summed E-state index contributed by atoms with van der Waals surface area (Å²) < 4.78 is 0. The van der Waals surface area contributed by atoms with E-state index < -0.39 is 0 Å². The number of aliphatic hydroxyl groups is 1. The van der Waals surface area contributed by atoms with Gasteiger partial charge < -0.3 is 30.5 Å². The molecule has 1 aromatic heterocycles. The molecule has 4 N–H and O–H groups in total. The van der Waals surface area contributed by atoms with Crippen LogP contribution in [0.3, 0.4) is 0 Å². The summed E-state index contributed by atoms with van der Waals surface area (Å²) in [5, 5.41) is 16.9. The number of piperidine rings is 1. The summed E-state index contributed by atoms with van der Waals surface area (Å²) in [7, 11) is 0. The minimum Gasteiger partial charge on any atom is -0.393 e. The number of hydrogen-bond acceptors (Lipinski definition) is 5. The van der Waals surface area contributed by atoms with Gasteiger partial charge in [-0.1, -0.05) is 12.2 Å². The molecular formula is C38H37N5O3. The summed E-state index contributed by atoms with van der Waals surface area (Å²) in [6.07, 6.45) is 8.32. The summed E-state index contributed by atoms with van der Waals surface area (Å²) in [5.74, 6) is -0.309. The molecule has 0 saturated carbocycles. The van der Waals surface area contributed by atoms with Gasteiger partial charge in [0.2, 0.25) is 0 Å². The first kappa shape index (κ1) is 29.4. The molecular weight excluding hydrogens is 574 g/mol. The van der Waals surface area contributed by atoms with Crippen molar-refractivity contribution < 1.29 is 14.7 Å². The Balaban J connectivity index is 1.04. The normalized spacial score (nSPS) is 16.6. The van der Waals surface area contributed by atoms with Crippen molar-refractivity contribution >= 4 is 57.2 Å². The quantitative estimate of drug-likeness (QED) is 0.159. The predicted molar refractivity (Wildman–Crippen MR) is 186 cm³/mol. The molecule has 1 fully saturated rings. The van der Waals surface area contributed by atoms with Crippen LogP contribution >= 0.6 is 0 Å². The van der Waals surface area contributed by atoms with Crippen LogP contribution < -0.4 is 20.4 Å². The van der Waals surface area contributed by atoms with E-state index in [1.54, 1.807) is 0 Å². The van der Waals surface area contributed by atoms with Crippen molar-refractivity contribution in [3.8, 4) is 0 Å². The Kier molecular flexibility index (Phi) is 8.03. The molecule has 0 radical (unpaired) electrons. The number of H-pyrrole nitrogens is 1. The Morgan fingerprint density at radius 2 is 1.46 bits per heavy atom. The summed E-state index contributed by atoms with van der Waals surface area (Å²) in [5.41, 5.74) is 7.81. The fourth-order valence-corrected chi connectivity index (χ4v) is 6.37. The average molecular weight is 612 g/mol. The number of rotatable bonds is 6. The van der Waals surface area contributed by atoms with Crippen LogP contribution in [0.5, 0.6) is 0 Å². The van der Waals surface area contributed by atoms with E-state index >= 15 is 0 Å². The van der Waals surface area contributed by atoms with Gasteiger partial charge in [0.1, 0.15) is 0 Å². The summed E-state index contributed by atoms with van der Waals surface area (Å²) in [6, 6.07) is 29.4. The number of aromatic amines is 1. The van der Waals surface area contributed by atoms with Gasteiger partial charge in [-0.05, 0) is 123 Å². The molecule has 7 rings (SSSR count). The van der Waals surface area contributed by atoms with Crippen LogP contribution in [0.25, 0.3) is 17.0 Å². The highest BCUT2D eigenvalue weighted by atomic mass is 16.3. The fourth-order valence-electron chi connectivity index (χ4n) is 6.37. The maximum absolute atomic E-state index is 13.1. The third-order valence-electron chi connectivity index (χ3n) is 8.94. The van der Waals surface area contributed by atoms with E-state index in [1.807, 2.05) is 91.1 Å². The smallest absolute Gasteiger partial charge is 0.255 e. The number of nitrogens with one attached hydrogen (secondary N) is 3. The van der Waals surface area contributed by atoms with Gasteiger partial charge in [-0.25, -0.2) is 0 Å². The lowest BCUT2D eigenvalue weighted by Gasteiger charge is -2.31. The molecule has 1 saturated heterocycles. The van der Waals surface area contributed by atoms with Crippen LogP contribution in [-0.2, 0) is 0 Å². The Labute approximate surface area is 268 Å². The van der Waals surface area contributed by atoms with Crippen LogP contribution in [-0.4, -0.2) is 47.1 Å². The largest absolute Gasteiger partial charge is 0.393 e. The lowest BCUT2D eigenvalue weighted by atomic mass is 10.1. The first-order valence-electron chi connectivity index (χ1n) is 15.8. The van der Waals surface area contributed by atoms with Crippen LogP contribution in [0.15, 0.2) is 103 Å². The van der Waals surface area contributed by atoms with Crippen molar-refractivity contribution in [2.24, 2.45) is 0 Å². The maximum Gasteiger partial charge on any atom is 0.255 e. The number of aliphatic hydroxyl groups excluding tert-OH is 1. The number of benzene rings is 4. The second kappa shape index (κ2) is 12.6. The third-order valence-corrected chi connectivity index (χ3v) is 8.94. The number of fused-ring (bicyclic) bond motifs is 2. The lowest BCUT2D eigenvalue weighted by molar-refractivity contribution is 0.101. The molecule has 2 aliphatic heterocycles. The minimum atomic E-state index is -0.218. The number of carbonyl (C=O) groups excluding carboxylic acids is 2. The number of aromatic nitrogens is 1. The zero-order chi connectivity index (χ0) is 31.6. The summed E-state index contributed by atoms with van der Waals surface area (Å²) >= 11 is 0. The Morgan fingerprint density at radius 1 is 0.783 bits per heavy atom. The topological polar surface area (TPSA) is 101 Å². The standard InChI is InChI=1S/C38H37N5O3/c1-25-3-2-4-28-24-31(41-37(45)26-5-11-32(12-6-26)42-21-18-34(44)19-22-42)10-16-36(28)43(25)33-13-8-30(9-14-33)40-38(46)29-7-15-35-27(23-29)17-20-39-35/h2,4-17,20,23-25,34,39,44H,3,18-19,21-22H2,1H3,(H,40,46)(H,41,45). The summed E-state index contributed by atoms with van der Waals surface area (Å²) in [6.45, 7) is 3.83. The van der Waals surface area contributed by atoms with Gasteiger partial charge in [-0.3, -0.25) is 9.59 Å². The minimum absolute atomic E-state index is 0.151. The summed E-state index contributed by atoms with van der Waals surface area (Å²) in [4.78, 5) is 33.8. The molecule has 1 unspecified atom stereocenters. The number of amides is 2. The molecule has 2 aliphatic rings. The van der Waals surface area contributed by atoms with Gasteiger partial charge in [-0.15, -0.1) is 0 Å². The number of nitrogens with zero attached hydrogens (tertiary/aromatic N) is 2. The van der Waals surface area contributed by atoms with Crippen molar-refractivity contribution in [1.29, 1.82) is 0 Å². The van der Waals surface area contributed by atoms with Gasteiger partial charge >= 0.3 is 0 Å². The monoisotopic (exact) mass is 611 g/mol. The zero-order valence-corrected chi connectivity index (χ0v) is 25.7. The maximum atomic E-state index is 13.1. The van der Waals surface area contributed by atoms with Crippen LogP contribution in [0.2, 0.25) is 0 Å². The van der Waals surface area contributed by atoms with Crippen molar-refractivity contribution in [3.63, 3.8) is 0 Å². The van der Waals surface area contributed by atoms with Gasteiger partial charge in [0.15, 0.2) is 0 Å². The van der Waals surface area contributed by atoms with Crippen molar-refractivity contribution in [1.82, 2.24) is 4.98 Å². The first-order valence-corrected chi connectivity index (χ1v) is 15.8. The highest BCUT2D eigenvalue weighted by Crippen LogP contribution is 2.37. The SMILES string of the molecule is CC1CC=Cc2cc(NC(=O)c3ccc(N4CCC(O)CC4)cc3)ccc2N1c1ccc(NC(=O)c2ccc3[nH]ccc3c2)cc1. The number of anilines is 5. The van der Waals surface area contributed by atoms with Crippen molar-refractivity contribution in [2.75, 3.05) is 33.5 Å². The second-order valence-electron chi connectivity index (χ2n) is 12.1. The highest BCUT2D eigenvalue weighted by Gasteiger charge is 2.22. The van der Waals surface area contributed by atoms with E-state index in [0.29, 0.717) is 11.1 Å². The van der Waals surface area contributed by atoms with Gasteiger partial charge in [0.05, 0.1) is 6.10 Å². The Morgan fingerprint density at radius 3 is 2.24 bits per heavy atom. The number of carbonyl (C=O) groups is 2. The first-order chi connectivity index (χ1) is 22.4. The second-order valence-corrected chi connectivity index (χ2v) is 12.1. The zero-order valence-electron chi connectivity index (χ0n) is 25.7.